The molecule has 0 heterocycles. The number of anilines is 1. The van der Waals surface area contributed by atoms with E-state index in [9.17, 15) is 0 Å². The number of ether oxygens (including phenoxy) is 2. The lowest BCUT2D eigenvalue weighted by atomic mass is 10.0. The van der Waals surface area contributed by atoms with Gasteiger partial charge in [0.25, 0.3) is 0 Å². The molecular formula is C31H33NO2. The predicted octanol–water partition coefficient (Wildman–Crippen LogP) is 7.72. The molecule has 0 unspecified atom stereocenters. The molecule has 0 aromatic heterocycles. The monoisotopic (exact) mass is 451 g/mol. The summed E-state index contributed by atoms with van der Waals surface area (Å²) in [5, 5.41) is 6.02. The quantitative estimate of drug-likeness (QED) is 0.237. The van der Waals surface area contributed by atoms with E-state index >= 15 is 0 Å². The van der Waals surface area contributed by atoms with Gasteiger partial charge in [-0.1, -0.05) is 73.7 Å². The van der Waals surface area contributed by atoms with Crippen LogP contribution < -0.4 is 14.8 Å². The van der Waals surface area contributed by atoms with E-state index in [1.807, 2.05) is 13.0 Å². The average Bonchev–Trinajstić information content (AvgIpc) is 2.87. The van der Waals surface area contributed by atoms with Crippen LogP contribution in [0.15, 0.2) is 91.5 Å². The largest absolute Gasteiger partial charge is 0.490 e. The van der Waals surface area contributed by atoms with Gasteiger partial charge >= 0.3 is 0 Å². The Bertz CT molecular complexity index is 1260. The number of hydrogen-bond acceptors (Lipinski definition) is 3. The molecule has 34 heavy (non-hydrogen) atoms. The molecule has 0 saturated carbocycles. The minimum Gasteiger partial charge on any atom is -0.490 e. The van der Waals surface area contributed by atoms with E-state index in [4.69, 9.17) is 9.47 Å². The zero-order valence-corrected chi connectivity index (χ0v) is 20.1. The van der Waals surface area contributed by atoms with E-state index in [1.165, 1.54) is 22.0 Å². The molecular weight excluding hydrogens is 418 g/mol. The fourth-order valence-electron chi connectivity index (χ4n) is 4.33. The average molecular weight is 452 g/mol. The van der Waals surface area contributed by atoms with Crippen molar-refractivity contribution in [2.75, 3.05) is 11.9 Å². The van der Waals surface area contributed by atoms with E-state index in [2.05, 4.69) is 97.7 Å². The Morgan fingerprint density at radius 3 is 2.41 bits per heavy atom. The molecule has 3 heteroatoms. The minimum atomic E-state index is 0.479. The maximum Gasteiger partial charge on any atom is 0.165 e. The normalized spacial score (nSPS) is 10.8. The van der Waals surface area contributed by atoms with Crippen LogP contribution in [0.25, 0.3) is 10.8 Å². The van der Waals surface area contributed by atoms with Gasteiger partial charge in [0, 0.05) is 17.8 Å². The highest BCUT2D eigenvalue weighted by molar-refractivity contribution is 5.85. The first-order valence-electron chi connectivity index (χ1n) is 12.0. The summed E-state index contributed by atoms with van der Waals surface area (Å²) in [6.07, 6.45) is 3.62. The second-order valence-electron chi connectivity index (χ2n) is 8.30. The molecule has 174 valence electrons. The highest BCUT2D eigenvalue weighted by Gasteiger charge is 2.15. The van der Waals surface area contributed by atoms with E-state index in [-0.39, 0.29) is 0 Å². The standard InChI is InChI=1S/C31H33NO2/c1-4-12-26-19-23(21-32-29-18-10-8-13-24(29)5-2)20-30(33-6-3)31(26)34-22-27-16-11-15-25-14-7-9-17-28(25)27/h4,7-11,13-20,32H,1,5-6,12,21-22H2,2-3H3. The Morgan fingerprint density at radius 2 is 1.59 bits per heavy atom. The second kappa shape index (κ2) is 11.4. The third kappa shape index (κ3) is 5.43. The molecule has 0 atom stereocenters. The summed E-state index contributed by atoms with van der Waals surface area (Å²) in [6.45, 7) is 9.92. The molecule has 1 N–H and O–H groups in total. The van der Waals surface area contributed by atoms with E-state index < -0.39 is 0 Å². The van der Waals surface area contributed by atoms with Crippen LogP contribution in [0.3, 0.4) is 0 Å². The van der Waals surface area contributed by atoms with Crippen molar-refractivity contribution < 1.29 is 9.47 Å². The van der Waals surface area contributed by atoms with Gasteiger partial charge in [0.1, 0.15) is 6.61 Å². The second-order valence-corrected chi connectivity index (χ2v) is 8.30. The molecule has 4 aromatic carbocycles. The van der Waals surface area contributed by atoms with Crippen LogP contribution in [0.4, 0.5) is 5.69 Å². The first kappa shape index (κ1) is 23.4. The van der Waals surface area contributed by atoms with Gasteiger partial charge in [-0.3, -0.25) is 0 Å². The first-order chi connectivity index (χ1) is 16.7. The summed E-state index contributed by atoms with van der Waals surface area (Å²) in [7, 11) is 0. The maximum atomic E-state index is 6.43. The van der Waals surface area contributed by atoms with Crippen LogP contribution in [-0.4, -0.2) is 6.61 Å². The van der Waals surface area contributed by atoms with Crippen molar-refractivity contribution in [1.82, 2.24) is 0 Å². The molecule has 0 bridgehead atoms. The number of para-hydroxylation sites is 1. The molecule has 0 radical (unpaired) electrons. The van der Waals surface area contributed by atoms with Gasteiger partial charge in [-0.05, 0) is 65.4 Å². The Labute approximate surface area is 203 Å². The highest BCUT2D eigenvalue weighted by atomic mass is 16.5. The summed E-state index contributed by atoms with van der Waals surface area (Å²) >= 11 is 0. The molecule has 0 fully saturated rings. The third-order valence-electron chi connectivity index (χ3n) is 5.99. The van der Waals surface area contributed by atoms with Crippen LogP contribution in [0.1, 0.15) is 36.1 Å². The molecule has 0 aliphatic carbocycles. The molecule has 4 aromatic rings. The van der Waals surface area contributed by atoms with Gasteiger partial charge < -0.3 is 14.8 Å². The number of hydrogen-bond donors (Lipinski definition) is 1. The van der Waals surface area contributed by atoms with Gasteiger partial charge in [-0.15, -0.1) is 6.58 Å². The van der Waals surface area contributed by atoms with Gasteiger partial charge in [-0.2, -0.15) is 0 Å². The van der Waals surface area contributed by atoms with E-state index in [1.54, 1.807) is 0 Å². The van der Waals surface area contributed by atoms with Gasteiger partial charge in [0.2, 0.25) is 0 Å². The lowest BCUT2D eigenvalue weighted by Crippen LogP contribution is -2.07. The molecule has 0 amide bonds. The fraction of sp³-hybridized carbons (Fsp3) is 0.226. The maximum absolute atomic E-state index is 6.43. The number of aryl methyl sites for hydroxylation is 1. The molecule has 0 aliphatic heterocycles. The van der Waals surface area contributed by atoms with Crippen molar-refractivity contribution in [2.45, 2.75) is 39.8 Å². The third-order valence-corrected chi connectivity index (χ3v) is 5.99. The number of rotatable bonds is 11. The van der Waals surface area contributed by atoms with Crippen LogP contribution >= 0.6 is 0 Å². The lowest BCUT2D eigenvalue weighted by molar-refractivity contribution is 0.267. The predicted molar refractivity (Wildman–Crippen MR) is 143 cm³/mol. The smallest absolute Gasteiger partial charge is 0.165 e. The summed E-state index contributed by atoms with van der Waals surface area (Å²) in [5.41, 5.74) is 5.89. The molecule has 0 spiro atoms. The SMILES string of the molecule is C=CCc1cc(CNc2ccccc2CC)cc(OCC)c1OCc1cccc2ccccc12. The van der Waals surface area contributed by atoms with E-state index in [0.717, 1.165) is 34.6 Å². The van der Waals surface area contributed by atoms with Crippen LogP contribution in [0.5, 0.6) is 11.5 Å². The summed E-state index contributed by atoms with van der Waals surface area (Å²) in [4.78, 5) is 0. The number of fused-ring (bicyclic) bond motifs is 1. The van der Waals surface area contributed by atoms with Crippen molar-refractivity contribution in [1.29, 1.82) is 0 Å². The number of benzene rings is 4. The van der Waals surface area contributed by atoms with Crippen molar-refractivity contribution in [3.8, 4) is 11.5 Å². The van der Waals surface area contributed by atoms with Crippen molar-refractivity contribution in [3.63, 3.8) is 0 Å². The number of nitrogens with one attached hydrogen (secondary N) is 1. The Balaban J connectivity index is 1.61. The minimum absolute atomic E-state index is 0.479. The summed E-state index contributed by atoms with van der Waals surface area (Å²) < 4.78 is 12.5. The Hall–Kier alpha value is -3.72. The first-order valence-corrected chi connectivity index (χ1v) is 12.0. The summed E-state index contributed by atoms with van der Waals surface area (Å²) in [5.74, 6) is 1.58. The van der Waals surface area contributed by atoms with Gasteiger partial charge in [-0.25, -0.2) is 0 Å². The Kier molecular flexibility index (Phi) is 7.87. The molecule has 4 rings (SSSR count). The van der Waals surface area contributed by atoms with Crippen LogP contribution in [-0.2, 0) is 26.0 Å². The molecule has 0 saturated heterocycles. The Morgan fingerprint density at radius 1 is 0.824 bits per heavy atom. The summed E-state index contributed by atoms with van der Waals surface area (Å²) in [6, 6.07) is 27.5. The van der Waals surface area contributed by atoms with Crippen molar-refractivity contribution >= 4 is 16.5 Å². The van der Waals surface area contributed by atoms with Crippen molar-refractivity contribution in [2.24, 2.45) is 0 Å². The topological polar surface area (TPSA) is 30.5 Å². The van der Waals surface area contributed by atoms with E-state index in [0.29, 0.717) is 26.2 Å². The van der Waals surface area contributed by atoms with Gasteiger partial charge in [0.15, 0.2) is 11.5 Å². The fourth-order valence-corrected chi connectivity index (χ4v) is 4.33. The highest BCUT2D eigenvalue weighted by Crippen LogP contribution is 2.35. The molecule has 0 aliphatic rings. The zero-order valence-electron chi connectivity index (χ0n) is 20.1. The molecule has 3 nitrogen and oxygen atoms in total. The van der Waals surface area contributed by atoms with Crippen molar-refractivity contribution in [3.05, 3.63) is 114 Å². The number of allylic oxidation sites excluding steroid dienone is 1. The van der Waals surface area contributed by atoms with Crippen LogP contribution in [0, 0.1) is 0 Å². The van der Waals surface area contributed by atoms with Crippen LogP contribution in [0.2, 0.25) is 0 Å². The van der Waals surface area contributed by atoms with Gasteiger partial charge in [0.05, 0.1) is 6.61 Å². The zero-order chi connectivity index (χ0) is 23.8. The lowest BCUT2D eigenvalue weighted by Gasteiger charge is -2.19.